The first-order chi connectivity index (χ1) is 14.4. The molecule has 154 valence electrons. The predicted octanol–water partition coefficient (Wildman–Crippen LogP) is 3.08. The molecule has 3 unspecified atom stereocenters. The average Bonchev–Trinajstić information content (AvgIpc) is 3.41. The van der Waals surface area contributed by atoms with Crippen molar-refractivity contribution in [3.05, 3.63) is 59.0 Å². The van der Waals surface area contributed by atoms with Crippen molar-refractivity contribution in [1.82, 2.24) is 10.3 Å². The standard InChI is InChI=1S/C23H24N4O3/c1-12-11-30-21-13(2)17(6-5-16(12)21)23(29)26-18-9-15-4-7-19(18)27(15)20-8-3-14(10-25-20)22(24)28/h3,5-6,8,10-11,15,18-19H,4,7,9H2,1-2H3,(H2,24,28)(H,26,29). The van der Waals surface area contributed by atoms with Crippen LogP contribution in [-0.2, 0) is 0 Å². The largest absolute Gasteiger partial charge is 0.464 e. The van der Waals surface area contributed by atoms with Crippen molar-refractivity contribution in [2.75, 3.05) is 4.90 Å². The Morgan fingerprint density at radius 1 is 1.20 bits per heavy atom. The molecular weight excluding hydrogens is 380 g/mol. The number of aryl methyl sites for hydroxylation is 2. The number of hydrogen-bond acceptors (Lipinski definition) is 5. The summed E-state index contributed by atoms with van der Waals surface area (Å²) in [5.74, 6) is 0.272. The van der Waals surface area contributed by atoms with Gasteiger partial charge in [-0.2, -0.15) is 0 Å². The maximum absolute atomic E-state index is 13.1. The number of carbonyl (C=O) groups excluding carboxylic acids is 2. The summed E-state index contributed by atoms with van der Waals surface area (Å²) >= 11 is 0. The molecule has 0 spiro atoms. The van der Waals surface area contributed by atoms with Gasteiger partial charge in [0.1, 0.15) is 11.4 Å². The summed E-state index contributed by atoms with van der Waals surface area (Å²) < 4.78 is 5.66. The van der Waals surface area contributed by atoms with E-state index in [-0.39, 0.29) is 18.0 Å². The number of nitrogens with two attached hydrogens (primary N) is 1. The first-order valence-electron chi connectivity index (χ1n) is 10.3. The quantitative estimate of drug-likeness (QED) is 0.696. The summed E-state index contributed by atoms with van der Waals surface area (Å²) in [6, 6.07) is 7.97. The van der Waals surface area contributed by atoms with Crippen LogP contribution in [0.4, 0.5) is 5.82 Å². The molecule has 3 atom stereocenters. The number of rotatable bonds is 4. The number of amides is 2. The fourth-order valence-corrected chi connectivity index (χ4v) is 5.04. The zero-order valence-electron chi connectivity index (χ0n) is 17.0. The van der Waals surface area contributed by atoms with Crippen molar-refractivity contribution in [1.29, 1.82) is 0 Å². The normalized spacial score (nSPS) is 22.6. The Morgan fingerprint density at radius 2 is 2.03 bits per heavy atom. The molecule has 30 heavy (non-hydrogen) atoms. The maximum atomic E-state index is 13.1. The molecule has 2 aliphatic rings. The summed E-state index contributed by atoms with van der Waals surface area (Å²) in [6.45, 7) is 3.93. The van der Waals surface area contributed by atoms with Crippen LogP contribution in [0.2, 0.25) is 0 Å². The second-order valence-corrected chi connectivity index (χ2v) is 8.32. The Balaban J connectivity index is 1.36. The number of hydrogen-bond donors (Lipinski definition) is 2. The Kier molecular flexibility index (Phi) is 4.27. The van der Waals surface area contributed by atoms with E-state index in [1.807, 2.05) is 32.0 Å². The molecule has 2 amide bonds. The lowest BCUT2D eigenvalue weighted by Gasteiger charge is -2.26. The number of pyridine rings is 1. The lowest BCUT2D eigenvalue weighted by molar-refractivity contribution is 0.0930. The van der Waals surface area contributed by atoms with Gasteiger partial charge in [-0.1, -0.05) is 6.07 Å². The highest BCUT2D eigenvalue weighted by Gasteiger charge is 2.47. The number of aromatic nitrogens is 1. The van der Waals surface area contributed by atoms with E-state index >= 15 is 0 Å². The Morgan fingerprint density at radius 3 is 2.77 bits per heavy atom. The van der Waals surface area contributed by atoms with Crippen molar-refractivity contribution in [2.45, 2.75) is 51.2 Å². The van der Waals surface area contributed by atoms with Gasteiger partial charge in [0.25, 0.3) is 5.91 Å². The lowest BCUT2D eigenvalue weighted by atomic mass is 9.95. The van der Waals surface area contributed by atoms with E-state index in [1.54, 1.807) is 12.3 Å². The van der Waals surface area contributed by atoms with E-state index in [0.717, 1.165) is 47.2 Å². The van der Waals surface area contributed by atoms with Crippen LogP contribution in [0.15, 0.2) is 41.1 Å². The Hall–Kier alpha value is -3.35. The van der Waals surface area contributed by atoms with Crippen molar-refractivity contribution in [3.63, 3.8) is 0 Å². The van der Waals surface area contributed by atoms with Crippen LogP contribution in [0, 0.1) is 13.8 Å². The second-order valence-electron chi connectivity index (χ2n) is 8.32. The molecular formula is C23H24N4O3. The molecule has 2 fully saturated rings. The fraction of sp³-hybridized carbons (Fsp3) is 0.348. The number of nitrogens with zero attached hydrogens (tertiary/aromatic N) is 2. The lowest BCUT2D eigenvalue weighted by Crippen LogP contribution is -2.44. The number of benzene rings is 1. The highest BCUT2D eigenvalue weighted by molar-refractivity contribution is 6.00. The molecule has 5 rings (SSSR count). The predicted molar refractivity (Wildman–Crippen MR) is 114 cm³/mol. The highest BCUT2D eigenvalue weighted by atomic mass is 16.3. The van der Waals surface area contributed by atoms with Gasteiger partial charge in [0.15, 0.2) is 0 Å². The van der Waals surface area contributed by atoms with Gasteiger partial charge in [-0.05, 0) is 56.9 Å². The molecule has 7 heteroatoms. The molecule has 0 radical (unpaired) electrons. The monoisotopic (exact) mass is 404 g/mol. The maximum Gasteiger partial charge on any atom is 0.251 e. The van der Waals surface area contributed by atoms with E-state index < -0.39 is 5.91 Å². The molecule has 3 N–H and O–H groups in total. The summed E-state index contributed by atoms with van der Waals surface area (Å²) in [5, 5.41) is 4.29. The molecule has 0 saturated carbocycles. The topological polar surface area (TPSA) is 101 Å². The molecule has 2 aliphatic heterocycles. The summed E-state index contributed by atoms with van der Waals surface area (Å²) in [5.41, 5.74) is 9.07. The average molecular weight is 404 g/mol. The van der Waals surface area contributed by atoms with E-state index in [2.05, 4.69) is 15.2 Å². The number of furan rings is 1. The number of primary amides is 1. The molecule has 2 aromatic heterocycles. The van der Waals surface area contributed by atoms with Crippen LogP contribution < -0.4 is 16.0 Å². The third-order valence-corrected chi connectivity index (χ3v) is 6.58. The van der Waals surface area contributed by atoms with Gasteiger partial charge in [0, 0.05) is 28.8 Å². The van der Waals surface area contributed by atoms with Gasteiger partial charge in [-0.3, -0.25) is 9.59 Å². The summed E-state index contributed by atoms with van der Waals surface area (Å²) in [6.07, 6.45) is 6.21. The molecule has 0 aliphatic carbocycles. The molecule has 2 bridgehead atoms. The van der Waals surface area contributed by atoms with Crippen LogP contribution in [0.5, 0.6) is 0 Å². The smallest absolute Gasteiger partial charge is 0.251 e. The van der Waals surface area contributed by atoms with Gasteiger partial charge in [0.2, 0.25) is 5.91 Å². The molecule has 3 aromatic rings. The summed E-state index contributed by atoms with van der Waals surface area (Å²) in [7, 11) is 0. The van der Waals surface area contributed by atoms with Crippen LogP contribution in [0.1, 0.15) is 51.1 Å². The van der Waals surface area contributed by atoms with Crippen LogP contribution in [0.25, 0.3) is 11.0 Å². The Labute approximate surface area is 174 Å². The van der Waals surface area contributed by atoms with Gasteiger partial charge >= 0.3 is 0 Å². The number of carbonyl (C=O) groups is 2. The minimum atomic E-state index is -0.484. The minimum Gasteiger partial charge on any atom is -0.464 e. The molecule has 7 nitrogen and oxygen atoms in total. The van der Waals surface area contributed by atoms with Crippen molar-refractivity contribution in [3.8, 4) is 0 Å². The second kappa shape index (κ2) is 6.86. The van der Waals surface area contributed by atoms with E-state index in [9.17, 15) is 9.59 Å². The van der Waals surface area contributed by atoms with Crippen molar-refractivity contribution < 1.29 is 14.0 Å². The Bertz CT molecular complexity index is 1150. The third kappa shape index (κ3) is 2.84. The fourth-order valence-electron chi connectivity index (χ4n) is 5.04. The minimum absolute atomic E-state index is 0.0577. The highest BCUT2D eigenvalue weighted by Crippen LogP contribution is 2.40. The molecule has 1 aromatic carbocycles. The molecule has 2 saturated heterocycles. The first-order valence-corrected chi connectivity index (χ1v) is 10.3. The van der Waals surface area contributed by atoms with Crippen molar-refractivity contribution >= 4 is 28.6 Å². The van der Waals surface area contributed by atoms with E-state index in [4.69, 9.17) is 10.2 Å². The summed E-state index contributed by atoms with van der Waals surface area (Å²) in [4.78, 5) is 31.1. The first kappa shape index (κ1) is 18.7. The van der Waals surface area contributed by atoms with E-state index in [0.29, 0.717) is 17.2 Å². The number of anilines is 1. The van der Waals surface area contributed by atoms with E-state index in [1.165, 1.54) is 6.20 Å². The van der Waals surface area contributed by atoms with Crippen LogP contribution in [-0.4, -0.2) is 34.9 Å². The number of nitrogens with one attached hydrogen (secondary N) is 1. The van der Waals surface area contributed by atoms with Crippen LogP contribution in [0.3, 0.4) is 0 Å². The van der Waals surface area contributed by atoms with Gasteiger partial charge in [-0.25, -0.2) is 4.98 Å². The van der Waals surface area contributed by atoms with Gasteiger partial charge in [0.05, 0.1) is 23.9 Å². The zero-order valence-corrected chi connectivity index (χ0v) is 17.0. The van der Waals surface area contributed by atoms with Gasteiger partial charge in [-0.15, -0.1) is 0 Å². The zero-order chi connectivity index (χ0) is 21.0. The van der Waals surface area contributed by atoms with Crippen molar-refractivity contribution in [2.24, 2.45) is 5.73 Å². The SMILES string of the molecule is Cc1coc2c(C)c(C(=O)NC3CC4CCC3N4c3ccc(C(N)=O)cn3)ccc12. The third-order valence-electron chi connectivity index (χ3n) is 6.58. The molecule has 4 heterocycles. The number of fused-ring (bicyclic) bond motifs is 3. The van der Waals surface area contributed by atoms with Gasteiger partial charge < -0.3 is 20.4 Å². The van der Waals surface area contributed by atoms with Crippen LogP contribution >= 0.6 is 0 Å².